The number of ether oxygens (including phenoxy) is 1. The summed E-state index contributed by atoms with van der Waals surface area (Å²) in [7, 11) is 0. The Balaban J connectivity index is 1.82. The van der Waals surface area contributed by atoms with Gasteiger partial charge in [0.1, 0.15) is 12.4 Å². The van der Waals surface area contributed by atoms with Gasteiger partial charge in [0, 0.05) is 32.8 Å². The molecular formula is C18H28N2O2. The normalized spacial score (nSPS) is 15.8. The van der Waals surface area contributed by atoms with Crippen LogP contribution in [0.4, 0.5) is 5.69 Å². The maximum atomic E-state index is 8.81. The summed E-state index contributed by atoms with van der Waals surface area (Å²) in [5.74, 6) is 0.943. The van der Waals surface area contributed by atoms with E-state index in [1.807, 2.05) is 12.1 Å². The molecule has 4 nitrogen and oxygen atoms in total. The van der Waals surface area contributed by atoms with Crippen molar-refractivity contribution in [1.29, 1.82) is 0 Å². The molecule has 1 aliphatic rings. The van der Waals surface area contributed by atoms with Gasteiger partial charge in [0.2, 0.25) is 0 Å². The van der Waals surface area contributed by atoms with Crippen LogP contribution in [0.15, 0.2) is 36.9 Å². The summed E-state index contributed by atoms with van der Waals surface area (Å²) >= 11 is 0. The highest BCUT2D eigenvalue weighted by Crippen LogP contribution is 2.28. The van der Waals surface area contributed by atoms with Gasteiger partial charge >= 0.3 is 0 Å². The third kappa shape index (κ3) is 5.04. The molecule has 1 aliphatic heterocycles. The first-order valence-corrected chi connectivity index (χ1v) is 8.26. The molecule has 22 heavy (non-hydrogen) atoms. The summed E-state index contributed by atoms with van der Waals surface area (Å²) in [6.45, 7) is 9.96. The maximum Gasteiger partial charge on any atom is 0.143 e. The molecule has 4 heteroatoms. The van der Waals surface area contributed by atoms with E-state index in [9.17, 15) is 0 Å². The highest BCUT2D eigenvalue weighted by molar-refractivity contribution is 5.58. The molecule has 0 amide bonds. The van der Waals surface area contributed by atoms with Gasteiger partial charge in [0.25, 0.3) is 0 Å². The number of unbranched alkanes of at least 4 members (excludes halogenated alkanes) is 2. The van der Waals surface area contributed by atoms with E-state index in [1.165, 1.54) is 12.1 Å². The Kier molecular flexibility index (Phi) is 7.26. The van der Waals surface area contributed by atoms with Crippen molar-refractivity contribution in [2.75, 3.05) is 50.8 Å². The second-order valence-electron chi connectivity index (χ2n) is 5.68. The summed E-state index contributed by atoms with van der Waals surface area (Å²) in [5, 5.41) is 8.81. The molecule has 0 aromatic heterocycles. The summed E-state index contributed by atoms with van der Waals surface area (Å²) in [6.07, 6.45) is 5.00. The molecule has 0 saturated carbocycles. The molecule has 1 N–H and O–H groups in total. The zero-order chi connectivity index (χ0) is 15.6. The van der Waals surface area contributed by atoms with Gasteiger partial charge in [-0.1, -0.05) is 24.8 Å². The molecule has 0 radical (unpaired) electrons. The van der Waals surface area contributed by atoms with E-state index in [-0.39, 0.29) is 0 Å². The van der Waals surface area contributed by atoms with Crippen molar-refractivity contribution in [3.63, 3.8) is 0 Å². The molecular weight excluding hydrogens is 276 g/mol. The standard InChI is InChI=1S/C18H28N2O2/c1-2-16-22-18-9-5-4-8-17(18)20-13-11-19(12-14-20)10-6-3-7-15-21/h2,4-5,8-9,21H,1,3,6-7,10-16H2. The zero-order valence-electron chi connectivity index (χ0n) is 13.4. The lowest BCUT2D eigenvalue weighted by molar-refractivity contribution is 0.241. The van der Waals surface area contributed by atoms with E-state index in [0.29, 0.717) is 13.2 Å². The van der Waals surface area contributed by atoms with Gasteiger partial charge in [0.05, 0.1) is 5.69 Å². The highest BCUT2D eigenvalue weighted by Gasteiger charge is 2.19. The molecule has 0 aliphatic carbocycles. The summed E-state index contributed by atoms with van der Waals surface area (Å²) in [6, 6.07) is 8.24. The molecule has 0 unspecified atom stereocenters. The van der Waals surface area contributed by atoms with Crippen LogP contribution in [0, 0.1) is 0 Å². The minimum atomic E-state index is 0.315. The van der Waals surface area contributed by atoms with Gasteiger partial charge in [0.15, 0.2) is 0 Å². The van der Waals surface area contributed by atoms with Gasteiger partial charge in [-0.2, -0.15) is 0 Å². The third-order valence-electron chi connectivity index (χ3n) is 4.07. The Labute approximate surface area is 134 Å². The van der Waals surface area contributed by atoms with Crippen molar-refractivity contribution < 1.29 is 9.84 Å². The molecule has 1 aromatic carbocycles. The number of hydrogen-bond donors (Lipinski definition) is 1. The third-order valence-corrected chi connectivity index (χ3v) is 4.07. The number of rotatable bonds is 9. The van der Waals surface area contributed by atoms with E-state index >= 15 is 0 Å². The van der Waals surface area contributed by atoms with Crippen LogP contribution in [0.1, 0.15) is 19.3 Å². The Morgan fingerprint density at radius 1 is 1.09 bits per heavy atom. The Morgan fingerprint density at radius 3 is 2.59 bits per heavy atom. The van der Waals surface area contributed by atoms with Crippen LogP contribution in [0.25, 0.3) is 0 Å². The maximum absolute atomic E-state index is 8.81. The van der Waals surface area contributed by atoms with Crippen LogP contribution < -0.4 is 9.64 Å². The second-order valence-corrected chi connectivity index (χ2v) is 5.68. The minimum absolute atomic E-state index is 0.315. The van der Waals surface area contributed by atoms with Crippen LogP contribution in [0.5, 0.6) is 5.75 Å². The first kappa shape index (κ1) is 16.8. The topological polar surface area (TPSA) is 35.9 Å². The average molecular weight is 304 g/mol. The predicted molar refractivity (Wildman–Crippen MR) is 91.7 cm³/mol. The largest absolute Gasteiger partial charge is 0.487 e. The number of para-hydroxylation sites is 2. The van der Waals surface area contributed by atoms with Crippen molar-refractivity contribution in [3.05, 3.63) is 36.9 Å². The van der Waals surface area contributed by atoms with E-state index in [1.54, 1.807) is 6.08 Å². The van der Waals surface area contributed by atoms with Gasteiger partial charge in [-0.15, -0.1) is 0 Å². The van der Waals surface area contributed by atoms with Gasteiger partial charge in [-0.25, -0.2) is 0 Å². The molecule has 0 bridgehead atoms. The number of hydrogen-bond acceptors (Lipinski definition) is 4. The number of piperazine rings is 1. The van der Waals surface area contributed by atoms with Crippen molar-refractivity contribution in [2.45, 2.75) is 19.3 Å². The van der Waals surface area contributed by atoms with Crippen molar-refractivity contribution in [1.82, 2.24) is 4.90 Å². The summed E-state index contributed by atoms with van der Waals surface area (Å²) in [4.78, 5) is 4.92. The van der Waals surface area contributed by atoms with Crippen LogP contribution in [0.2, 0.25) is 0 Å². The first-order valence-electron chi connectivity index (χ1n) is 8.26. The fraction of sp³-hybridized carbons (Fsp3) is 0.556. The lowest BCUT2D eigenvalue weighted by Crippen LogP contribution is -2.46. The van der Waals surface area contributed by atoms with Crippen LogP contribution in [-0.4, -0.2) is 55.9 Å². The van der Waals surface area contributed by atoms with Crippen LogP contribution in [-0.2, 0) is 0 Å². The number of aliphatic hydroxyl groups is 1. The van der Waals surface area contributed by atoms with Gasteiger partial charge in [-0.3, -0.25) is 4.90 Å². The Hall–Kier alpha value is -1.52. The van der Waals surface area contributed by atoms with Crippen LogP contribution >= 0.6 is 0 Å². The van der Waals surface area contributed by atoms with E-state index in [2.05, 4.69) is 28.5 Å². The van der Waals surface area contributed by atoms with Crippen molar-refractivity contribution >= 4 is 5.69 Å². The zero-order valence-corrected chi connectivity index (χ0v) is 13.4. The average Bonchev–Trinajstić information content (AvgIpc) is 2.58. The van der Waals surface area contributed by atoms with Crippen LogP contribution in [0.3, 0.4) is 0 Å². The fourth-order valence-corrected chi connectivity index (χ4v) is 2.83. The number of anilines is 1. The molecule has 2 rings (SSSR count). The lowest BCUT2D eigenvalue weighted by atomic mass is 10.2. The molecule has 1 fully saturated rings. The molecule has 1 saturated heterocycles. The van der Waals surface area contributed by atoms with Gasteiger partial charge in [-0.05, 0) is 37.9 Å². The van der Waals surface area contributed by atoms with E-state index in [4.69, 9.17) is 9.84 Å². The number of benzene rings is 1. The monoisotopic (exact) mass is 304 g/mol. The molecule has 1 aromatic rings. The first-order chi connectivity index (χ1) is 10.8. The molecule has 0 spiro atoms. The molecule has 0 atom stereocenters. The van der Waals surface area contributed by atoms with E-state index in [0.717, 1.165) is 51.3 Å². The quantitative estimate of drug-likeness (QED) is 0.562. The predicted octanol–water partition coefficient (Wildman–Crippen LogP) is 2.54. The highest BCUT2D eigenvalue weighted by atomic mass is 16.5. The minimum Gasteiger partial charge on any atom is -0.487 e. The number of nitrogens with zero attached hydrogens (tertiary/aromatic N) is 2. The van der Waals surface area contributed by atoms with Crippen molar-refractivity contribution in [2.24, 2.45) is 0 Å². The van der Waals surface area contributed by atoms with Crippen molar-refractivity contribution in [3.8, 4) is 5.75 Å². The molecule has 1 heterocycles. The lowest BCUT2D eigenvalue weighted by Gasteiger charge is -2.36. The Morgan fingerprint density at radius 2 is 1.86 bits per heavy atom. The summed E-state index contributed by atoms with van der Waals surface area (Å²) in [5.41, 5.74) is 1.18. The Bertz CT molecular complexity index is 442. The second kappa shape index (κ2) is 9.49. The van der Waals surface area contributed by atoms with E-state index < -0.39 is 0 Å². The fourth-order valence-electron chi connectivity index (χ4n) is 2.83. The molecule has 122 valence electrons. The smallest absolute Gasteiger partial charge is 0.143 e. The SMILES string of the molecule is C=CCOc1ccccc1N1CCN(CCCCCO)CC1. The number of aliphatic hydroxyl groups excluding tert-OH is 1. The van der Waals surface area contributed by atoms with Gasteiger partial charge < -0.3 is 14.7 Å². The summed E-state index contributed by atoms with van der Waals surface area (Å²) < 4.78 is 5.76.